The number of hydrogen-bond donors (Lipinski definition) is 2. The summed E-state index contributed by atoms with van der Waals surface area (Å²) in [6.45, 7) is 8.96. The average molecular weight is 511 g/mol. The maximum Gasteiger partial charge on any atom is 0.323 e. The highest BCUT2D eigenvalue weighted by Crippen LogP contribution is 2.26. The van der Waals surface area contributed by atoms with Gasteiger partial charge in [0.2, 0.25) is 0 Å². The van der Waals surface area contributed by atoms with Gasteiger partial charge in [-0.1, -0.05) is 19.9 Å². The first-order valence-corrected chi connectivity index (χ1v) is 13.0. The third kappa shape index (κ3) is 6.85. The number of H-pyrrole nitrogens is 1. The molecule has 0 spiro atoms. The number of aromatic amines is 1. The Bertz CT molecular complexity index is 1260. The van der Waals surface area contributed by atoms with Crippen LogP contribution in [0, 0.1) is 12.8 Å². The Labute approximate surface area is 217 Å². The fourth-order valence-corrected chi connectivity index (χ4v) is 4.66. The third-order valence-electron chi connectivity index (χ3n) is 6.67. The molecule has 0 amide bonds. The Morgan fingerprint density at radius 3 is 2.76 bits per heavy atom. The zero-order valence-electron chi connectivity index (χ0n) is 22.2. The lowest BCUT2D eigenvalue weighted by atomic mass is 10.0. The van der Waals surface area contributed by atoms with Gasteiger partial charge in [-0.15, -0.1) is 0 Å². The van der Waals surface area contributed by atoms with Crippen LogP contribution in [0.3, 0.4) is 0 Å². The van der Waals surface area contributed by atoms with E-state index in [9.17, 15) is 9.59 Å². The molecule has 1 aliphatic rings. The van der Waals surface area contributed by atoms with Crippen LogP contribution < -0.4 is 10.9 Å². The number of esters is 1. The molecule has 0 saturated carbocycles. The molecule has 2 aromatic heterocycles. The summed E-state index contributed by atoms with van der Waals surface area (Å²) in [7, 11) is 1.67. The summed E-state index contributed by atoms with van der Waals surface area (Å²) in [6, 6.07) is 7.63. The second-order valence-electron chi connectivity index (χ2n) is 10.1. The molecule has 1 aliphatic heterocycles. The number of pyridine rings is 1. The molecule has 3 aromatic rings. The number of nitrogens with zero attached hydrogens (tertiary/aromatic N) is 2. The predicted molar refractivity (Wildman–Crippen MR) is 142 cm³/mol. The molecule has 1 fully saturated rings. The van der Waals surface area contributed by atoms with Gasteiger partial charge >= 0.3 is 5.97 Å². The van der Waals surface area contributed by atoms with E-state index < -0.39 is 0 Å². The van der Waals surface area contributed by atoms with Gasteiger partial charge < -0.3 is 29.1 Å². The molecule has 4 rings (SSSR count). The van der Waals surface area contributed by atoms with Crippen molar-refractivity contribution in [1.29, 1.82) is 0 Å². The summed E-state index contributed by atoms with van der Waals surface area (Å²) >= 11 is 0. The van der Waals surface area contributed by atoms with Gasteiger partial charge in [-0.25, -0.2) is 4.98 Å². The maximum absolute atomic E-state index is 13.0. The molecule has 2 N–H and O–H groups in total. The SMILES string of the molecule is COCCn1c(-c2c[nH]c(=O)c(C)c2)nc2cc(CNC(CC(C)C)C(=O)OC3CCOCC3)ccc21. The van der Waals surface area contributed by atoms with Gasteiger partial charge in [0.05, 0.1) is 30.9 Å². The van der Waals surface area contributed by atoms with E-state index in [0.717, 1.165) is 40.8 Å². The largest absolute Gasteiger partial charge is 0.461 e. The highest BCUT2D eigenvalue weighted by Gasteiger charge is 2.25. The number of carbonyl (C=O) groups is 1. The molecule has 1 atom stereocenters. The van der Waals surface area contributed by atoms with Crippen LogP contribution in [-0.4, -0.2) is 59.6 Å². The van der Waals surface area contributed by atoms with Crippen molar-refractivity contribution >= 4 is 17.0 Å². The van der Waals surface area contributed by atoms with Gasteiger partial charge in [0.15, 0.2) is 0 Å². The molecule has 200 valence electrons. The number of fused-ring (bicyclic) bond motifs is 1. The van der Waals surface area contributed by atoms with Crippen LogP contribution in [0.15, 0.2) is 35.3 Å². The highest BCUT2D eigenvalue weighted by atomic mass is 16.6. The second kappa shape index (κ2) is 12.5. The Morgan fingerprint density at radius 1 is 1.27 bits per heavy atom. The Hall–Kier alpha value is -3.01. The number of methoxy groups -OCH3 is 1. The van der Waals surface area contributed by atoms with Crippen molar-refractivity contribution in [2.24, 2.45) is 5.92 Å². The van der Waals surface area contributed by atoms with Gasteiger partial charge in [0.1, 0.15) is 18.0 Å². The molecular formula is C28H38N4O5. The van der Waals surface area contributed by atoms with Crippen molar-refractivity contribution in [2.75, 3.05) is 26.9 Å². The van der Waals surface area contributed by atoms with Crippen molar-refractivity contribution in [3.8, 4) is 11.4 Å². The summed E-state index contributed by atoms with van der Waals surface area (Å²) in [4.78, 5) is 32.5. The van der Waals surface area contributed by atoms with Crippen LogP contribution in [0.4, 0.5) is 0 Å². The van der Waals surface area contributed by atoms with Crippen LogP contribution in [0.25, 0.3) is 22.4 Å². The lowest BCUT2D eigenvalue weighted by Crippen LogP contribution is -2.41. The van der Waals surface area contributed by atoms with Crippen molar-refractivity contribution in [2.45, 2.75) is 65.3 Å². The predicted octanol–water partition coefficient (Wildman–Crippen LogP) is 3.57. The molecule has 37 heavy (non-hydrogen) atoms. The number of hydrogen-bond acceptors (Lipinski definition) is 7. The zero-order valence-corrected chi connectivity index (χ0v) is 22.2. The van der Waals surface area contributed by atoms with Crippen LogP contribution in [0.5, 0.6) is 0 Å². The van der Waals surface area contributed by atoms with Crippen LogP contribution in [-0.2, 0) is 32.1 Å². The van der Waals surface area contributed by atoms with E-state index in [4.69, 9.17) is 19.2 Å². The monoisotopic (exact) mass is 510 g/mol. The Morgan fingerprint density at radius 2 is 2.05 bits per heavy atom. The number of aromatic nitrogens is 3. The molecule has 9 heteroatoms. The van der Waals surface area contributed by atoms with Gasteiger partial charge in [-0.3, -0.25) is 9.59 Å². The van der Waals surface area contributed by atoms with E-state index in [1.54, 1.807) is 20.2 Å². The summed E-state index contributed by atoms with van der Waals surface area (Å²) in [6.07, 6.45) is 3.83. The van der Waals surface area contributed by atoms with Gasteiger partial charge in [0.25, 0.3) is 5.56 Å². The quantitative estimate of drug-likeness (QED) is 0.380. The summed E-state index contributed by atoms with van der Waals surface area (Å²) < 4.78 is 18.6. The van der Waals surface area contributed by atoms with Gasteiger partial charge in [-0.05, 0) is 43.0 Å². The number of ether oxygens (including phenoxy) is 3. The van der Waals surface area contributed by atoms with Gasteiger partial charge in [0, 0.05) is 50.4 Å². The first-order valence-electron chi connectivity index (χ1n) is 13.0. The summed E-state index contributed by atoms with van der Waals surface area (Å²) in [5, 5.41) is 3.42. The molecule has 1 saturated heterocycles. The standard InChI is InChI=1S/C28H38N4O5/c1-18(2)13-24(28(34)37-22-7-10-36-11-8-22)29-16-20-5-6-25-23(15-20)31-26(32(25)9-12-35-4)21-14-19(3)27(33)30-17-21/h5-6,14-15,17-18,22,24,29H,7-13,16H2,1-4H3,(H,30,33). The maximum atomic E-state index is 13.0. The number of rotatable bonds is 11. The highest BCUT2D eigenvalue weighted by molar-refractivity contribution is 5.81. The minimum atomic E-state index is -0.377. The number of carbonyl (C=O) groups excluding carboxylic acids is 1. The van der Waals surface area contributed by atoms with Crippen LogP contribution >= 0.6 is 0 Å². The fraction of sp³-hybridized carbons (Fsp3) is 0.536. The van der Waals surface area contributed by atoms with E-state index >= 15 is 0 Å². The molecule has 0 radical (unpaired) electrons. The number of benzene rings is 1. The normalized spacial score (nSPS) is 15.4. The number of imidazole rings is 1. The first-order chi connectivity index (χ1) is 17.9. The summed E-state index contributed by atoms with van der Waals surface area (Å²) in [5.41, 5.74) is 4.23. The Balaban J connectivity index is 1.54. The van der Waals surface area contributed by atoms with Crippen molar-refractivity contribution in [1.82, 2.24) is 19.9 Å². The third-order valence-corrected chi connectivity index (χ3v) is 6.67. The van der Waals surface area contributed by atoms with E-state index in [1.165, 1.54) is 0 Å². The molecule has 1 unspecified atom stereocenters. The fourth-order valence-electron chi connectivity index (χ4n) is 4.66. The van der Waals surface area contributed by atoms with Crippen molar-refractivity contribution in [3.05, 3.63) is 51.9 Å². The first kappa shape index (κ1) is 27.0. The van der Waals surface area contributed by atoms with E-state index in [2.05, 4.69) is 40.8 Å². The zero-order chi connectivity index (χ0) is 26.4. The Kier molecular flexibility index (Phi) is 9.13. The lowest BCUT2D eigenvalue weighted by molar-refractivity contribution is -0.156. The smallest absolute Gasteiger partial charge is 0.323 e. The molecule has 0 aliphatic carbocycles. The molecular weight excluding hydrogens is 472 g/mol. The second-order valence-corrected chi connectivity index (χ2v) is 10.1. The van der Waals surface area contributed by atoms with Crippen LogP contribution in [0.2, 0.25) is 0 Å². The minimum absolute atomic E-state index is 0.0693. The molecule has 1 aromatic carbocycles. The summed E-state index contributed by atoms with van der Waals surface area (Å²) in [5.74, 6) is 0.928. The molecule has 3 heterocycles. The van der Waals surface area contributed by atoms with E-state index in [1.807, 2.05) is 12.1 Å². The van der Waals surface area contributed by atoms with Crippen molar-refractivity contribution < 1.29 is 19.0 Å². The van der Waals surface area contributed by atoms with Crippen LogP contribution in [0.1, 0.15) is 44.2 Å². The topological polar surface area (TPSA) is 107 Å². The average Bonchev–Trinajstić information content (AvgIpc) is 3.24. The number of aryl methyl sites for hydroxylation is 1. The molecule has 9 nitrogen and oxygen atoms in total. The van der Waals surface area contributed by atoms with Crippen molar-refractivity contribution in [3.63, 3.8) is 0 Å². The van der Waals surface area contributed by atoms with E-state index in [-0.39, 0.29) is 23.7 Å². The molecule has 0 bridgehead atoms. The number of nitrogens with one attached hydrogen (secondary N) is 2. The minimum Gasteiger partial charge on any atom is -0.461 e. The van der Waals surface area contributed by atoms with Gasteiger partial charge in [-0.2, -0.15) is 0 Å². The van der Waals surface area contributed by atoms with E-state index in [0.29, 0.717) is 50.8 Å². The lowest BCUT2D eigenvalue weighted by Gasteiger charge is -2.26.